The number of hydrogen-bond acceptors (Lipinski definition) is 4. The third-order valence-electron chi connectivity index (χ3n) is 3.47. The minimum atomic E-state index is -0.590. The van der Waals surface area contributed by atoms with Crippen molar-refractivity contribution in [3.05, 3.63) is 12.2 Å². The monoisotopic (exact) mass is 270 g/mol. The Balaban J connectivity index is 2.57. The Labute approximate surface area is 115 Å². The molecular formula is C15H26O4. The molecule has 0 heterocycles. The van der Waals surface area contributed by atoms with Crippen molar-refractivity contribution in [3.8, 4) is 0 Å². The molecule has 0 aromatic carbocycles. The number of esters is 1. The Bertz CT molecular complexity index is 330. The molecule has 1 aliphatic rings. The molecule has 0 spiro atoms. The normalized spacial score (nSPS) is 26.2. The Kier molecular flexibility index (Phi) is 5.56. The second kappa shape index (κ2) is 6.53. The van der Waals surface area contributed by atoms with Crippen LogP contribution in [0.1, 0.15) is 40.5 Å². The smallest absolute Gasteiger partial charge is 0.306 e. The summed E-state index contributed by atoms with van der Waals surface area (Å²) in [7, 11) is 0. The lowest BCUT2D eigenvalue weighted by atomic mass is 9.83. The Morgan fingerprint density at radius 1 is 1.47 bits per heavy atom. The fraction of sp³-hybridized carbons (Fsp3) is 0.800. The van der Waals surface area contributed by atoms with E-state index in [1.807, 2.05) is 39.8 Å². The summed E-state index contributed by atoms with van der Waals surface area (Å²) in [5.41, 5.74) is -0.480. The largest absolute Gasteiger partial charge is 0.460 e. The number of carbonyl (C=O) groups excluding carboxylic acids is 1. The first-order chi connectivity index (χ1) is 8.74. The average Bonchev–Trinajstić information content (AvgIpc) is 2.72. The van der Waals surface area contributed by atoms with Gasteiger partial charge in [-0.15, -0.1) is 0 Å². The zero-order chi connectivity index (χ0) is 14.6. The minimum Gasteiger partial charge on any atom is -0.460 e. The van der Waals surface area contributed by atoms with Gasteiger partial charge in [-0.3, -0.25) is 4.79 Å². The molecule has 19 heavy (non-hydrogen) atoms. The van der Waals surface area contributed by atoms with Gasteiger partial charge in [-0.05, 0) is 39.0 Å². The van der Waals surface area contributed by atoms with E-state index >= 15 is 0 Å². The highest BCUT2D eigenvalue weighted by atomic mass is 16.6. The van der Waals surface area contributed by atoms with Gasteiger partial charge in [0.1, 0.15) is 5.60 Å². The fourth-order valence-electron chi connectivity index (χ4n) is 2.45. The topological polar surface area (TPSA) is 66.8 Å². The van der Waals surface area contributed by atoms with E-state index in [-0.39, 0.29) is 36.8 Å². The zero-order valence-electron chi connectivity index (χ0n) is 12.3. The number of rotatable bonds is 5. The van der Waals surface area contributed by atoms with Crippen molar-refractivity contribution >= 4 is 5.97 Å². The third kappa shape index (κ3) is 4.96. The number of ether oxygens (including phenoxy) is 1. The van der Waals surface area contributed by atoms with Crippen LogP contribution in [0.15, 0.2) is 12.2 Å². The highest BCUT2D eigenvalue weighted by Crippen LogP contribution is 2.34. The van der Waals surface area contributed by atoms with Gasteiger partial charge in [-0.1, -0.05) is 19.1 Å². The van der Waals surface area contributed by atoms with Crippen molar-refractivity contribution in [3.63, 3.8) is 0 Å². The summed E-state index contributed by atoms with van der Waals surface area (Å²) in [6.45, 7) is 7.30. The summed E-state index contributed by atoms with van der Waals surface area (Å²) >= 11 is 0. The lowest BCUT2D eigenvalue weighted by Crippen LogP contribution is -2.34. The maximum absolute atomic E-state index is 11.8. The SMILES string of the molecule is C[C@H](CO)[C@H](O)[C@H]1CC=C[C@H]1CC(=O)OC(C)(C)C. The van der Waals surface area contributed by atoms with Gasteiger partial charge in [0.15, 0.2) is 0 Å². The van der Waals surface area contributed by atoms with Gasteiger partial charge >= 0.3 is 5.97 Å². The van der Waals surface area contributed by atoms with E-state index in [0.29, 0.717) is 0 Å². The highest BCUT2D eigenvalue weighted by molar-refractivity contribution is 5.70. The van der Waals surface area contributed by atoms with Crippen LogP contribution in [-0.2, 0) is 9.53 Å². The van der Waals surface area contributed by atoms with Gasteiger partial charge < -0.3 is 14.9 Å². The van der Waals surface area contributed by atoms with Crippen molar-refractivity contribution in [1.82, 2.24) is 0 Å². The Hall–Kier alpha value is -0.870. The molecule has 0 saturated heterocycles. The van der Waals surface area contributed by atoms with Gasteiger partial charge in [-0.2, -0.15) is 0 Å². The minimum absolute atomic E-state index is 0.00106. The summed E-state index contributed by atoms with van der Waals surface area (Å²) in [6.07, 6.45) is 4.41. The Morgan fingerprint density at radius 2 is 2.11 bits per heavy atom. The number of carbonyl (C=O) groups is 1. The molecule has 0 fully saturated rings. The van der Waals surface area contributed by atoms with E-state index in [2.05, 4.69) is 0 Å². The molecule has 4 heteroatoms. The maximum atomic E-state index is 11.8. The van der Waals surface area contributed by atoms with E-state index in [0.717, 1.165) is 6.42 Å². The predicted molar refractivity (Wildman–Crippen MR) is 73.5 cm³/mol. The summed E-state index contributed by atoms with van der Waals surface area (Å²) < 4.78 is 5.31. The molecule has 0 aliphatic heterocycles. The summed E-state index contributed by atoms with van der Waals surface area (Å²) in [5.74, 6) is -0.419. The van der Waals surface area contributed by atoms with Crippen LogP contribution in [0.4, 0.5) is 0 Å². The molecule has 0 aromatic rings. The standard InChI is InChI=1S/C15H26O4/c1-10(9-16)14(18)12-7-5-6-11(12)8-13(17)19-15(2,3)4/h5-6,10-12,14,16,18H,7-9H2,1-4H3/t10-,11+,12+,14+/m1/s1. The lowest BCUT2D eigenvalue weighted by molar-refractivity contribution is -0.156. The van der Waals surface area contributed by atoms with Gasteiger partial charge in [0.05, 0.1) is 12.5 Å². The van der Waals surface area contributed by atoms with Crippen LogP contribution < -0.4 is 0 Å². The second-order valence-corrected chi connectivity index (χ2v) is 6.43. The van der Waals surface area contributed by atoms with E-state index in [4.69, 9.17) is 9.84 Å². The summed E-state index contributed by atoms with van der Waals surface area (Å²) in [6, 6.07) is 0. The van der Waals surface area contributed by atoms with Gasteiger partial charge in [-0.25, -0.2) is 0 Å². The molecule has 0 radical (unpaired) electrons. The predicted octanol–water partition coefficient (Wildman–Crippen LogP) is 1.90. The van der Waals surface area contributed by atoms with E-state index in [1.165, 1.54) is 0 Å². The molecule has 4 atom stereocenters. The number of aliphatic hydroxyl groups excluding tert-OH is 2. The molecule has 2 N–H and O–H groups in total. The molecular weight excluding hydrogens is 244 g/mol. The van der Waals surface area contributed by atoms with Gasteiger partial charge in [0.2, 0.25) is 0 Å². The molecule has 0 bridgehead atoms. The first kappa shape index (κ1) is 16.2. The first-order valence-electron chi connectivity index (χ1n) is 6.92. The van der Waals surface area contributed by atoms with Crippen molar-refractivity contribution < 1.29 is 19.7 Å². The van der Waals surface area contributed by atoms with Crippen molar-refractivity contribution in [1.29, 1.82) is 0 Å². The fourth-order valence-corrected chi connectivity index (χ4v) is 2.45. The molecule has 0 saturated carbocycles. The van der Waals surface area contributed by atoms with E-state index in [9.17, 15) is 9.90 Å². The van der Waals surface area contributed by atoms with Crippen LogP contribution in [0.2, 0.25) is 0 Å². The number of hydrogen-bond donors (Lipinski definition) is 2. The maximum Gasteiger partial charge on any atom is 0.306 e. The lowest BCUT2D eigenvalue weighted by Gasteiger charge is -2.28. The molecule has 4 nitrogen and oxygen atoms in total. The molecule has 0 unspecified atom stereocenters. The van der Waals surface area contributed by atoms with Gasteiger partial charge in [0, 0.05) is 12.5 Å². The zero-order valence-corrected chi connectivity index (χ0v) is 12.3. The van der Waals surface area contributed by atoms with Crippen LogP contribution in [0.5, 0.6) is 0 Å². The number of allylic oxidation sites excluding steroid dienone is 2. The van der Waals surface area contributed by atoms with Crippen LogP contribution in [0.3, 0.4) is 0 Å². The molecule has 1 aliphatic carbocycles. The molecule has 0 aromatic heterocycles. The van der Waals surface area contributed by atoms with Crippen molar-refractivity contribution in [2.24, 2.45) is 17.8 Å². The second-order valence-electron chi connectivity index (χ2n) is 6.43. The van der Waals surface area contributed by atoms with Crippen LogP contribution in [-0.4, -0.2) is 34.5 Å². The molecule has 1 rings (SSSR count). The molecule has 110 valence electrons. The molecule has 0 amide bonds. The summed E-state index contributed by atoms with van der Waals surface area (Å²) in [4.78, 5) is 11.8. The van der Waals surface area contributed by atoms with Crippen molar-refractivity contribution in [2.45, 2.75) is 52.2 Å². The third-order valence-corrected chi connectivity index (χ3v) is 3.47. The summed E-state index contributed by atoms with van der Waals surface area (Å²) in [5, 5.41) is 19.3. The quantitative estimate of drug-likeness (QED) is 0.591. The average molecular weight is 270 g/mol. The van der Waals surface area contributed by atoms with E-state index < -0.39 is 11.7 Å². The Morgan fingerprint density at radius 3 is 2.63 bits per heavy atom. The van der Waals surface area contributed by atoms with Gasteiger partial charge in [0.25, 0.3) is 0 Å². The number of aliphatic hydroxyl groups is 2. The van der Waals surface area contributed by atoms with Crippen molar-refractivity contribution in [2.75, 3.05) is 6.61 Å². The van der Waals surface area contributed by atoms with E-state index in [1.54, 1.807) is 0 Å². The first-order valence-corrected chi connectivity index (χ1v) is 6.92. The van der Waals surface area contributed by atoms with Crippen LogP contribution >= 0.6 is 0 Å². The highest BCUT2D eigenvalue weighted by Gasteiger charge is 2.34. The van der Waals surface area contributed by atoms with Crippen LogP contribution in [0.25, 0.3) is 0 Å². The van der Waals surface area contributed by atoms with Crippen LogP contribution in [0, 0.1) is 17.8 Å².